The molecule has 1 saturated heterocycles. The van der Waals surface area contributed by atoms with Gasteiger partial charge >= 0.3 is 0 Å². The van der Waals surface area contributed by atoms with Crippen LogP contribution >= 0.6 is 0 Å². The van der Waals surface area contributed by atoms with Crippen molar-refractivity contribution in [3.05, 3.63) is 0 Å². The molecule has 0 radical (unpaired) electrons. The van der Waals surface area contributed by atoms with E-state index in [9.17, 15) is 0 Å². The highest BCUT2D eigenvalue weighted by Gasteiger charge is 2.17. The minimum Gasteiger partial charge on any atom is -0.381 e. The molecule has 84 valence electrons. The van der Waals surface area contributed by atoms with Gasteiger partial charge in [-0.05, 0) is 51.2 Å². The van der Waals surface area contributed by atoms with E-state index in [2.05, 4.69) is 18.7 Å². The van der Waals surface area contributed by atoms with Gasteiger partial charge in [-0.2, -0.15) is 0 Å². The number of likely N-dealkylation sites (tertiary alicyclic amines) is 1. The second-order valence-electron chi connectivity index (χ2n) is 4.28. The zero-order valence-corrected chi connectivity index (χ0v) is 9.80. The van der Waals surface area contributed by atoms with Gasteiger partial charge in [-0.3, -0.25) is 0 Å². The lowest BCUT2D eigenvalue weighted by atomic mass is 9.94. The Morgan fingerprint density at radius 1 is 1.14 bits per heavy atom. The van der Waals surface area contributed by atoms with E-state index in [4.69, 9.17) is 4.74 Å². The lowest BCUT2D eigenvalue weighted by Gasteiger charge is -2.30. The topological polar surface area (TPSA) is 12.5 Å². The van der Waals surface area contributed by atoms with Gasteiger partial charge in [0, 0.05) is 13.2 Å². The predicted octanol–water partition coefficient (Wildman–Crippen LogP) is 2.54. The first-order valence-corrected chi connectivity index (χ1v) is 6.16. The fraction of sp³-hybridized carbons (Fsp3) is 1.00. The molecule has 0 saturated carbocycles. The molecule has 0 aromatic rings. The summed E-state index contributed by atoms with van der Waals surface area (Å²) in [7, 11) is 0. The number of nitrogens with zero attached hydrogens (tertiary/aromatic N) is 1. The van der Waals surface area contributed by atoms with Crippen LogP contribution in [0.4, 0.5) is 0 Å². The minimum absolute atomic E-state index is 0.926. The molecule has 0 aromatic carbocycles. The smallest absolute Gasteiger partial charge is 0.0468 e. The fourth-order valence-electron chi connectivity index (χ4n) is 2.09. The molecule has 0 spiro atoms. The Hall–Kier alpha value is -0.0800. The molecule has 0 aliphatic carbocycles. The van der Waals surface area contributed by atoms with Gasteiger partial charge in [0.1, 0.15) is 0 Å². The van der Waals surface area contributed by atoms with Crippen molar-refractivity contribution in [3.63, 3.8) is 0 Å². The van der Waals surface area contributed by atoms with Crippen molar-refractivity contribution < 1.29 is 4.74 Å². The zero-order chi connectivity index (χ0) is 10.2. The Morgan fingerprint density at radius 3 is 2.43 bits per heavy atom. The van der Waals surface area contributed by atoms with Crippen LogP contribution in [0.2, 0.25) is 0 Å². The summed E-state index contributed by atoms with van der Waals surface area (Å²) in [6.07, 6.45) is 5.18. The summed E-state index contributed by atoms with van der Waals surface area (Å²) >= 11 is 0. The molecule has 0 atom stereocenters. The van der Waals surface area contributed by atoms with Crippen LogP contribution in [0, 0.1) is 5.92 Å². The summed E-state index contributed by atoms with van der Waals surface area (Å²) < 4.78 is 5.53. The van der Waals surface area contributed by atoms with E-state index < -0.39 is 0 Å². The highest BCUT2D eigenvalue weighted by Crippen LogP contribution is 2.19. The molecule has 1 fully saturated rings. The van der Waals surface area contributed by atoms with Crippen molar-refractivity contribution in [3.8, 4) is 0 Å². The monoisotopic (exact) mass is 199 g/mol. The molecule has 0 bridgehead atoms. The van der Waals surface area contributed by atoms with Crippen LogP contribution in [0.5, 0.6) is 0 Å². The second-order valence-corrected chi connectivity index (χ2v) is 4.28. The third kappa shape index (κ3) is 4.43. The highest BCUT2D eigenvalue weighted by atomic mass is 16.5. The fourth-order valence-corrected chi connectivity index (χ4v) is 2.09. The van der Waals surface area contributed by atoms with Crippen LogP contribution in [0.25, 0.3) is 0 Å². The average Bonchev–Trinajstić information content (AvgIpc) is 2.25. The van der Waals surface area contributed by atoms with Crippen LogP contribution < -0.4 is 0 Å². The van der Waals surface area contributed by atoms with Gasteiger partial charge in [0.15, 0.2) is 0 Å². The van der Waals surface area contributed by atoms with Crippen molar-refractivity contribution in [2.45, 2.75) is 39.5 Å². The number of rotatable bonds is 6. The average molecular weight is 199 g/mol. The summed E-state index contributed by atoms with van der Waals surface area (Å²) in [5.41, 5.74) is 0. The van der Waals surface area contributed by atoms with Crippen molar-refractivity contribution in [2.24, 2.45) is 5.92 Å². The maximum absolute atomic E-state index is 5.53. The van der Waals surface area contributed by atoms with Crippen LogP contribution in [-0.2, 0) is 4.74 Å². The summed E-state index contributed by atoms with van der Waals surface area (Å²) in [5.74, 6) is 0.926. The van der Waals surface area contributed by atoms with Crippen LogP contribution in [0.1, 0.15) is 39.5 Å². The summed E-state index contributed by atoms with van der Waals surface area (Å²) in [4.78, 5) is 2.55. The first-order valence-electron chi connectivity index (χ1n) is 6.16. The molecule has 1 heterocycles. The molecule has 0 aromatic heterocycles. The Morgan fingerprint density at radius 2 is 1.86 bits per heavy atom. The van der Waals surface area contributed by atoms with Gasteiger partial charge in [0.2, 0.25) is 0 Å². The van der Waals surface area contributed by atoms with Crippen molar-refractivity contribution >= 4 is 0 Å². The molecule has 2 heteroatoms. The van der Waals surface area contributed by atoms with Crippen LogP contribution in [0.15, 0.2) is 0 Å². The Bertz CT molecular complexity index is 130. The summed E-state index contributed by atoms with van der Waals surface area (Å²) in [6, 6.07) is 0. The number of hydrogen-bond donors (Lipinski definition) is 0. The Labute approximate surface area is 88.6 Å². The van der Waals surface area contributed by atoms with E-state index in [0.717, 1.165) is 25.6 Å². The normalized spacial score (nSPS) is 20.1. The maximum atomic E-state index is 5.53. The molecular weight excluding hydrogens is 174 g/mol. The number of ether oxygens (including phenoxy) is 1. The molecule has 0 N–H and O–H groups in total. The van der Waals surface area contributed by atoms with E-state index >= 15 is 0 Å². The van der Waals surface area contributed by atoms with Gasteiger partial charge in [-0.25, -0.2) is 0 Å². The van der Waals surface area contributed by atoms with Gasteiger partial charge in [0.25, 0.3) is 0 Å². The molecule has 2 nitrogen and oxygen atoms in total. The van der Waals surface area contributed by atoms with Gasteiger partial charge in [-0.15, -0.1) is 0 Å². The molecule has 1 aliphatic rings. The van der Waals surface area contributed by atoms with Crippen LogP contribution in [-0.4, -0.2) is 37.7 Å². The zero-order valence-electron chi connectivity index (χ0n) is 9.80. The molecule has 1 rings (SSSR count). The van der Waals surface area contributed by atoms with Crippen LogP contribution in [0.3, 0.4) is 0 Å². The van der Waals surface area contributed by atoms with Crippen molar-refractivity contribution in [2.75, 3.05) is 32.8 Å². The second kappa shape index (κ2) is 7.24. The quantitative estimate of drug-likeness (QED) is 0.610. The SMILES string of the molecule is CCCOCCC1CCN(CC)CC1. The van der Waals surface area contributed by atoms with E-state index in [1.807, 2.05) is 0 Å². The number of piperidine rings is 1. The first kappa shape index (κ1) is 12.0. The highest BCUT2D eigenvalue weighted by molar-refractivity contribution is 4.71. The van der Waals surface area contributed by atoms with Gasteiger partial charge in [-0.1, -0.05) is 13.8 Å². The largest absolute Gasteiger partial charge is 0.381 e. The van der Waals surface area contributed by atoms with E-state index in [0.29, 0.717) is 0 Å². The molecule has 0 unspecified atom stereocenters. The van der Waals surface area contributed by atoms with Gasteiger partial charge < -0.3 is 9.64 Å². The lowest BCUT2D eigenvalue weighted by Crippen LogP contribution is -2.33. The van der Waals surface area contributed by atoms with Crippen molar-refractivity contribution in [1.82, 2.24) is 4.90 Å². The van der Waals surface area contributed by atoms with Crippen molar-refractivity contribution in [1.29, 1.82) is 0 Å². The molecular formula is C12H25NO. The third-order valence-corrected chi connectivity index (χ3v) is 3.17. The minimum atomic E-state index is 0.926. The summed E-state index contributed by atoms with van der Waals surface area (Å²) in [6.45, 7) is 10.2. The van der Waals surface area contributed by atoms with E-state index in [1.54, 1.807) is 0 Å². The standard InChI is InChI=1S/C12H25NO/c1-3-10-14-11-7-12-5-8-13(4-2)9-6-12/h12H,3-11H2,1-2H3. The lowest BCUT2D eigenvalue weighted by molar-refractivity contribution is 0.103. The summed E-state index contributed by atoms with van der Waals surface area (Å²) in [5, 5.41) is 0. The molecule has 0 amide bonds. The molecule has 1 aliphatic heterocycles. The Balaban J connectivity index is 1.98. The van der Waals surface area contributed by atoms with E-state index in [-0.39, 0.29) is 0 Å². The Kier molecular flexibility index (Phi) is 6.20. The predicted molar refractivity (Wildman–Crippen MR) is 60.6 cm³/mol. The molecule has 14 heavy (non-hydrogen) atoms. The van der Waals surface area contributed by atoms with Gasteiger partial charge in [0.05, 0.1) is 0 Å². The number of hydrogen-bond acceptors (Lipinski definition) is 2. The first-order chi connectivity index (χ1) is 6.86. The maximum Gasteiger partial charge on any atom is 0.0468 e. The van der Waals surface area contributed by atoms with E-state index in [1.165, 1.54) is 38.9 Å². The third-order valence-electron chi connectivity index (χ3n) is 3.17.